The Bertz CT molecular complexity index is 1270. The molecule has 0 N–H and O–H groups in total. The summed E-state index contributed by atoms with van der Waals surface area (Å²) in [7, 11) is 1.62. The van der Waals surface area contributed by atoms with Crippen LogP contribution in [0.5, 0.6) is 5.75 Å². The largest absolute Gasteiger partial charge is 0.497 e. The summed E-state index contributed by atoms with van der Waals surface area (Å²) in [6.45, 7) is 2.06. The Balaban J connectivity index is 1.93. The normalized spacial score (nSPS) is 11.3. The van der Waals surface area contributed by atoms with Crippen LogP contribution >= 0.6 is 22.6 Å². The van der Waals surface area contributed by atoms with Gasteiger partial charge in [0.25, 0.3) is 5.56 Å². The Labute approximate surface area is 182 Å². The van der Waals surface area contributed by atoms with Gasteiger partial charge < -0.3 is 4.74 Å². The fourth-order valence-corrected chi connectivity index (χ4v) is 3.70. The Hall–Kier alpha value is -2.93. The summed E-state index contributed by atoms with van der Waals surface area (Å²) in [6, 6.07) is 21.3. The van der Waals surface area contributed by atoms with Crippen LogP contribution in [0, 0.1) is 10.5 Å². The molecular formula is C24H19IN2O2. The molecule has 0 radical (unpaired) electrons. The minimum atomic E-state index is -0.0948. The van der Waals surface area contributed by atoms with Gasteiger partial charge in [0.2, 0.25) is 0 Å². The maximum absolute atomic E-state index is 13.4. The molecule has 4 nitrogen and oxygen atoms in total. The Morgan fingerprint density at radius 2 is 1.79 bits per heavy atom. The number of rotatable bonds is 4. The summed E-state index contributed by atoms with van der Waals surface area (Å²) in [5.41, 5.74) is 3.57. The van der Waals surface area contributed by atoms with Gasteiger partial charge in [-0.1, -0.05) is 35.9 Å². The van der Waals surface area contributed by atoms with E-state index in [9.17, 15) is 4.79 Å². The molecule has 4 rings (SSSR count). The number of ether oxygens (including phenoxy) is 1. The number of methoxy groups -OCH3 is 1. The van der Waals surface area contributed by atoms with Crippen molar-refractivity contribution in [2.24, 2.45) is 0 Å². The standard InChI is InChI=1S/C24H19IN2O2/c1-16-4-3-5-17(14-16)6-13-23-26-22-12-7-18(25)15-21(22)24(28)27(23)19-8-10-20(29-2)11-9-19/h3-15H,1-2H3. The molecule has 0 spiro atoms. The van der Waals surface area contributed by atoms with Crippen LogP contribution in [0.1, 0.15) is 17.0 Å². The lowest BCUT2D eigenvalue weighted by Crippen LogP contribution is -2.22. The first-order chi connectivity index (χ1) is 14.0. The number of fused-ring (bicyclic) bond motifs is 1. The van der Waals surface area contributed by atoms with Gasteiger partial charge in [-0.3, -0.25) is 9.36 Å². The van der Waals surface area contributed by atoms with Crippen LogP contribution in [-0.2, 0) is 0 Å². The summed E-state index contributed by atoms with van der Waals surface area (Å²) in [5.74, 6) is 1.32. The van der Waals surface area contributed by atoms with Gasteiger partial charge in [-0.05, 0) is 83.6 Å². The van der Waals surface area contributed by atoms with Crippen molar-refractivity contribution < 1.29 is 4.74 Å². The maximum Gasteiger partial charge on any atom is 0.266 e. The molecule has 1 heterocycles. The number of hydrogen-bond donors (Lipinski definition) is 0. The van der Waals surface area contributed by atoms with Gasteiger partial charge in [-0.2, -0.15) is 0 Å². The van der Waals surface area contributed by atoms with E-state index in [0.717, 1.165) is 20.6 Å². The first-order valence-electron chi connectivity index (χ1n) is 9.16. The van der Waals surface area contributed by atoms with Gasteiger partial charge in [-0.15, -0.1) is 0 Å². The van der Waals surface area contributed by atoms with Gasteiger partial charge in [0.15, 0.2) is 0 Å². The summed E-state index contributed by atoms with van der Waals surface area (Å²) in [5, 5.41) is 0.598. The second-order valence-electron chi connectivity index (χ2n) is 6.72. The van der Waals surface area contributed by atoms with Crippen LogP contribution in [0.4, 0.5) is 0 Å². The molecular weight excluding hydrogens is 475 g/mol. The highest BCUT2D eigenvalue weighted by atomic mass is 127. The zero-order chi connectivity index (χ0) is 20.4. The average molecular weight is 494 g/mol. The van der Waals surface area contributed by atoms with E-state index in [1.165, 1.54) is 5.56 Å². The van der Waals surface area contributed by atoms with Crippen molar-refractivity contribution in [1.82, 2.24) is 9.55 Å². The van der Waals surface area contributed by atoms with E-state index in [-0.39, 0.29) is 5.56 Å². The van der Waals surface area contributed by atoms with Crippen LogP contribution in [0.25, 0.3) is 28.7 Å². The maximum atomic E-state index is 13.4. The molecule has 0 atom stereocenters. The molecule has 1 aromatic heterocycles. The number of nitrogens with zero attached hydrogens (tertiary/aromatic N) is 2. The molecule has 0 fully saturated rings. The van der Waals surface area contributed by atoms with E-state index >= 15 is 0 Å². The lowest BCUT2D eigenvalue weighted by molar-refractivity contribution is 0.414. The SMILES string of the molecule is COc1ccc(-n2c(C=Cc3cccc(C)c3)nc3ccc(I)cc3c2=O)cc1. The fourth-order valence-electron chi connectivity index (χ4n) is 3.21. The van der Waals surface area contributed by atoms with Crippen molar-refractivity contribution in [1.29, 1.82) is 0 Å². The molecule has 0 bridgehead atoms. The quantitative estimate of drug-likeness (QED) is 0.353. The van der Waals surface area contributed by atoms with E-state index in [4.69, 9.17) is 9.72 Å². The van der Waals surface area contributed by atoms with Gasteiger partial charge in [0.1, 0.15) is 11.6 Å². The molecule has 0 aliphatic heterocycles. The Morgan fingerprint density at radius 3 is 2.52 bits per heavy atom. The average Bonchev–Trinajstić information content (AvgIpc) is 2.73. The molecule has 3 aromatic carbocycles. The summed E-state index contributed by atoms with van der Waals surface area (Å²) < 4.78 is 7.89. The molecule has 5 heteroatoms. The van der Waals surface area contributed by atoms with Crippen molar-refractivity contribution >= 4 is 45.6 Å². The summed E-state index contributed by atoms with van der Waals surface area (Å²) in [6.07, 6.45) is 3.87. The predicted molar refractivity (Wildman–Crippen MR) is 127 cm³/mol. The molecule has 0 aliphatic rings. The zero-order valence-electron chi connectivity index (χ0n) is 16.1. The first kappa shape index (κ1) is 19.4. The fraction of sp³-hybridized carbons (Fsp3) is 0.0833. The lowest BCUT2D eigenvalue weighted by Gasteiger charge is -2.12. The highest BCUT2D eigenvalue weighted by Gasteiger charge is 2.12. The van der Waals surface area contributed by atoms with Crippen LogP contribution < -0.4 is 10.3 Å². The molecule has 0 saturated carbocycles. The minimum Gasteiger partial charge on any atom is -0.497 e. The second-order valence-corrected chi connectivity index (χ2v) is 7.96. The first-order valence-corrected chi connectivity index (χ1v) is 10.2. The topological polar surface area (TPSA) is 44.1 Å². The highest BCUT2D eigenvalue weighted by molar-refractivity contribution is 14.1. The highest BCUT2D eigenvalue weighted by Crippen LogP contribution is 2.19. The smallest absolute Gasteiger partial charge is 0.266 e. The van der Waals surface area contributed by atoms with Crippen molar-refractivity contribution in [2.75, 3.05) is 7.11 Å². The Kier molecular flexibility index (Phi) is 5.49. The van der Waals surface area contributed by atoms with E-state index < -0.39 is 0 Å². The minimum absolute atomic E-state index is 0.0948. The van der Waals surface area contributed by atoms with Crippen molar-refractivity contribution in [3.63, 3.8) is 0 Å². The zero-order valence-corrected chi connectivity index (χ0v) is 18.3. The van der Waals surface area contributed by atoms with Gasteiger partial charge in [-0.25, -0.2) is 4.98 Å². The van der Waals surface area contributed by atoms with Gasteiger partial charge >= 0.3 is 0 Å². The summed E-state index contributed by atoms with van der Waals surface area (Å²) >= 11 is 2.21. The van der Waals surface area contributed by atoms with E-state index in [2.05, 4.69) is 41.6 Å². The molecule has 0 unspecified atom stereocenters. The molecule has 144 valence electrons. The lowest BCUT2D eigenvalue weighted by atomic mass is 10.1. The Morgan fingerprint density at radius 1 is 1.00 bits per heavy atom. The number of benzene rings is 3. The van der Waals surface area contributed by atoms with Crippen LogP contribution in [0.2, 0.25) is 0 Å². The number of hydrogen-bond acceptors (Lipinski definition) is 3. The third-order valence-electron chi connectivity index (χ3n) is 4.65. The number of aromatic nitrogens is 2. The third-order valence-corrected chi connectivity index (χ3v) is 5.32. The van der Waals surface area contributed by atoms with E-state index in [0.29, 0.717) is 16.7 Å². The second kappa shape index (κ2) is 8.21. The monoisotopic (exact) mass is 494 g/mol. The van der Waals surface area contributed by atoms with E-state index in [1.807, 2.05) is 66.7 Å². The number of aryl methyl sites for hydroxylation is 1. The summed E-state index contributed by atoms with van der Waals surface area (Å²) in [4.78, 5) is 18.2. The van der Waals surface area contributed by atoms with E-state index in [1.54, 1.807) is 11.7 Å². The van der Waals surface area contributed by atoms with Crippen LogP contribution in [-0.4, -0.2) is 16.7 Å². The molecule has 0 amide bonds. The van der Waals surface area contributed by atoms with Gasteiger partial charge in [0.05, 0.1) is 23.7 Å². The van der Waals surface area contributed by atoms with Crippen LogP contribution in [0.15, 0.2) is 71.5 Å². The number of halogens is 1. The van der Waals surface area contributed by atoms with Crippen molar-refractivity contribution in [2.45, 2.75) is 6.92 Å². The predicted octanol–water partition coefficient (Wildman–Crippen LogP) is 5.48. The van der Waals surface area contributed by atoms with Gasteiger partial charge in [0, 0.05) is 3.57 Å². The molecule has 4 aromatic rings. The third kappa shape index (κ3) is 4.10. The van der Waals surface area contributed by atoms with Crippen LogP contribution in [0.3, 0.4) is 0 Å². The molecule has 0 aliphatic carbocycles. The van der Waals surface area contributed by atoms with Crippen molar-refractivity contribution in [3.8, 4) is 11.4 Å². The van der Waals surface area contributed by atoms with Crippen molar-refractivity contribution in [3.05, 3.63) is 97.6 Å². The molecule has 0 saturated heterocycles. The molecule has 29 heavy (non-hydrogen) atoms.